The van der Waals surface area contributed by atoms with Gasteiger partial charge in [-0.05, 0) is 18.6 Å². The van der Waals surface area contributed by atoms with Crippen molar-refractivity contribution in [1.29, 1.82) is 0 Å². The number of esters is 1. The topological polar surface area (TPSA) is 36.2 Å². The summed E-state index contributed by atoms with van der Waals surface area (Å²) in [4.78, 5) is 13.3. The first kappa shape index (κ1) is 16.7. The van der Waals surface area contributed by atoms with Gasteiger partial charge in [-0.2, -0.15) is 0 Å². The van der Waals surface area contributed by atoms with Crippen LogP contribution in [-0.2, 0) is 22.6 Å². The smallest absolute Gasteiger partial charge is 0.314 e. The van der Waals surface area contributed by atoms with Gasteiger partial charge in [-0.15, -0.1) is 24.9 Å². The van der Waals surface area contributed by atoms with Crippen molar-refractivity contribution in [3.8, 4) is 11.3 Å². The second-order valence-corrected chi connectivity index (χ2v) is 6.85. The maximum atomic E-state index is 12.1. The summed E-state index contributed by atoms with van der Waals surface area (Å²) in [5.74, 6) is 0.525. The summed E-state index contributed by atoms with van der Waals surface area (Å²) in [6.07, 6.45) is 8.78. The van der Waals surface area contributed by atoms with Crippen molar-refractivity contribution in [3.63, 3.8) is 0 Å². The van der Waals surface area contributed by atoms with E-state index in [2.05, 4.69) is 46.8 Å². The van der Waals surface area contributed by atoms with Gasteiger partial charge in [0.2, 0.25) is 0 Å². The summed E-state index contributed by atoms with van der Waals surface area (Å²) in [7, 11) is 1.46. The molecule has 1 aliphatic rings. The maximum Gasteiger partial charge on any atom is 0.314 e. The first-order valence-electron chi connectivity index (χ1n) is 8.01. The average molecular weight is 342 g/mol. The zero-order valence-electron chi connectivity index (χ0n) is 13.9. The highest BCUT2D eigenvalue weighted by Gasteiger charge is 2.33. The lowest BCUT2D eigenvalue weighted by atomic mass is 10.1. The number of carbonyl (C=O) groups is 1. The largest absolute Gasteiger partial charge is 0.469 e. The molecule has 0 amide bonds. The number of methoxy groups -OCH3 is 1. The van der Waals surface area contributed by atoms with Crippen molar-refractivity contribution < 1.29 is 9.53 Å². The van der Waals surface area contributed by atoms with Crippen molar-refractivity contribution in [3.05, 3.63) is 55.5 Å². The zero-order chi connectivity index (χ0) is 17.1. The summed E-state index contributed by atoms with van der Waals surface area (Å²) in [6.45, 7) is 9.22. The number of hydrogen-bond donors (Lipinski definition) is 0. The molecule has 1 atom stereocenters. The molecule has 0 spiro atoms. The minimum atomic E-state index is -0.165. The third-order valence-corrected chi connectivity index (χ3v) is 5.32. The van der Waals surface area contributed by atoms with Crippen LogP contribution in [0.25, 0.3) is 11.3 Å². The second-order valence-electron chi connectivity index (χ2n) is 5.78. The Morgan fingerprint density at radius 2 is 2.29 bits per heavy atom. The number of nitrogens with zero attached hydrogens (tertiary/aromatic N) is 2. The zero-order valence-corrected chi connectivity index (χ0v) is 14.7. The molecule has 0 aliphatic carbocycles. The van der Waals surface area contributed by atoms with Crippen LogP contribution >= 0.6 is 11.8 Å². The van der Waals surface area contributed by atoms with Crippen molar-refractivity contribution >= 4 is 17.7 Å². The Morgan fingerprint density at radius 3 is 3.00 bits per heavy atom. The number of fused-ring (bicyclic) bond motifs is 1. The molecule has 5 heteroatoms. The van der Waals surface area contributed by atoms with Crippen LogP contribution in [0.5, 0.6) is 0 Å². The molecule has 0 radical (unpaired) electrons. The SMILES string of the molecule is C=CCSc1cc2n(c1-c1ccn(CC=C)c1)CCC2C(=O)OC. The normalized spacial score (nSPS) is 16.0. The van der Waals surface area contributed by atoms with Crippen molar-refractivity contribution in [1.82, 2.24) is 9.13 Å². The third-order valence-electron chi connectivity index (χ3n) is 4.30. The highest BCUT2D eigenvalue weighted by molar-refractivity contribution is 7.99. The Labute approximate surface area is 146 Å². The molecule has 1 unspecified atom stereocenters. The van der Waals surface area contributed by atoms with Crippen LogP contribution in [0.1, 0.15) is 18.0 Å². The fraction of sp³-hybridized carbons (Fsp3) is 0.316. The number of thioether (sulfide) groups is 1. The molecule has 4 nitrogen and oxygen atoms in total. The molecule has 0 saturated carbocycles. The Bertz CT molecular complexity index is 772. The number of aromatic nitrogens is 2. The highest BCUT2D eigenvalue weighted by atomic mass is 32.2. The monoisotopic (exact) mass is 342 g/mol. The molecule has 2 aromatic rings. The van der Waals surface area contributed by atoms with Crippen LogP contribution in [0.2, 0.25) is 0 Å². The standard InChI is InChI=1S/C19H22N2O2S/c1-4-8-20-9-6-14(13-20)18-17(24-11-5-2)12-16-15(19(22)23-3)7-10-21(16)18/h4-6,9,12-13,15H,1-2,7-8,10-11H2,3H3. The summed E-state index contributed by atoms with van der Waals surface area (Å²) < 4.78 is 9.35. The minimum absolute atomic E-state index is 0.151. The molecule has 0 aromatic carbocycles. The molecule has 3 heterocycles. The van der Waals surface area contributed by atoms with Crippen molar-refractivity contribution in [2.24, 2.45) is 0 Å². The fourth-order valence-electron chi connectivity index (χ4n) is 3.26. The van der Waals surface area contributed by atoms with E-state index in [1.54, 1.807) is 11.8 Å². The van der Waals surface area contributed by atoms with Gasteiger partial charge in [-0.1, -0.05) is 12.2 Å². The van der Waals surface area contributed by atoms with Crippen LogP contribution in [0.3, 0.4) is 0 Å². The summed E-state index contributed by atoms with van der Waals surface area (Å²) in [6, 6.07) is 4.26. The van der Waals surface area contributed by atoms with Gasteiger partial charge in [0.15, 0.2) is 0 Å². The average Bonchev–Trinajstić information content (AvgIpc) is 3.27. The molecule has 0 bridgehead atoms. The Hall–Kier alpha value is -2.14. The van der Waals surface area contributed by atoms with E-state index in [1.807, 2.05) is 12.2 Å². The molecule has 126 valence electrons. The minimum Gasteiger partial charge on any atom is -0.469 e. The lowest BCUT2D eigenvalue weighted by Crippen LogP contribution is -2.11. The van der Waals surface area contributed by atoms with Crippen molar-refractivity contribution in [2.45, 2.75) is 30.3 Å². The van der Waals surface area contributed by atoms with Gasteiger partial charge in [0.1, 0.15) is 0 Å². The number of ether oxygens (including phenoxy) is 1. The first-order valence-corrected chi connectivity index (χ1v) is 9.00. The van der Waals surface area contributed by atoms with Gasteiger partial charge in [-0.25, -0.2) is 0 Å². The van der Waals surface area contributed by atoms with Crippen LogP contribution < -0.4 is 0 Å². The van der Waals surface area contributed by atoms with E-state index in [0.717, 1.165) is 31.0 Å². The molecule has 3 rings (SSSR count). The highest BCUT2D eigenvalue weighted by Crippen LogP contribution is 2.42. The summed E-state index contributed by atoms with van der Waals surface area (Å²) >= 11 is 1.75. The molecule has 0 fully saturated rings. The molecule has 2 aromatic heterocycles. The number of allylic oxidation sites excluding steroid dienone is 1. The van der Waals surface area contributed by atoms with E-state index in [9.17, 15) is 4.79 Å². The van der Waals surface area contributed by atoms with Crippen LogP contribution in [0, 0.1) is 0 Å². The van der Waals surface area contributed by atoms with E-state index in [4.69, 9.17) is 4.74 Å². The number of rotatable bonds is 7. The summed E-state index contributed by atoms with van der Waals surface area (Å²) in [5, 5.41) is 0. The van der Waals surface area contributed by atoms with Gasteiger partial charge in [-0.3, -0.25) is 4.79 Å². The molecule has 0 saturated heterocycles. The predicted molar refractivity (Wildman–Crippen MR) is 98.4 cm³/mol. The molecule has 1 aliphatic heterocycles. The van der Waals surface area contributed by atoms with E-state index in [-0.39, 0.29) is 11.9 Å². The van der Waals surface area contributed by atoms with Gasteiger partial charge < -0.3 is 13.9 Å². The third kappa shape index (κ3) is 2.96. The van der Waals surface area contributed by atoms with Gasteiger partial charge in [0, 0.05) is 47.4 Å². The number of carbonyl (C=O) groups excluding carboxylic acids is 1. The molecular formula is C19H22N2O2S. The van der Waals surface area contributed by atoms with Crippen LogP contribution in [-0.4, -0.2) is 28.0 Å². The summed E-state index contributed by atoms with van der Waals surface area (Å²) in [5.41, 5.74) is 3.41. The maximum absolute atomic E-state index is 12.1. The molecule has 24 heavy (non-hydrogen) atoms. The Balaban J connectivity index is 2.04. The first-order chi connectivity index (χ1) is 11.7. The Morgan fingerprint density at radius 1 is 1.46 bits per heavy atom. The van der Waals surface area contributed by atoms with Crippen molar-refractivity contribution in [2.75, 3.05) is 12.9 Å². The second kappa shape index (κ2) is 7.18. The van der Waals surface area contributed by atoms with E-state index < -0.39 is 0 Å². The van der Waals surface area contributed by atoms with Gasteiger partial charge in [0.25, 0.3) is 0 Å². The predicted octanol–water partition coefficient (Wildman–Crippen LogP) is 4.08. The van der Waals surface area contributed by atoms with Crippen LogP contribution in [0.4, 0.5) is 0 Å². The lowest BCUT2D eigenvalue weighted by molar-refractivity contribution is -0.142. The lowest BCUT2D eigenvalue weighted by Gasteiger charge is -2.07. The van der Waals surface area contributed by atoms with E-state index in [1.165, 1.54) is 23.3 Å². The van der Waals surface area contributed by atoms with E-state index in [0.29, 0.717) is 0 Å². The van der Waals surface area contributed by atoms with Gasteiger partial charge >= 0.3 is 5.97 Å². The number of hydrogen-bond acceptors (Lipinski definition) is 3. The van der Waals surface area contributed by atoms with Crippen LogP contribution in [0.15, 0.2) is 54.7 Å². The Kier molecular flexibility index (Phi) is 5.00. The molecular weight excluding hydrogens is 320 g/mol. The quantitative estimate of drug-likeness (QED) is 0.432. The van der Waals surface area contributed by atoms with Gasteiger partial charge in [0.05, 0.1) is 18.7 Å². The molecule has 0 N–H and O–H groups in total. The van der Waals surface area contributed by atoms with E-state index >= 15 is 0 Å². The fourth-order valence-corrected chi connectivity index (χ4v) is 4.13.